The molecule has 3 heterocycles. The van der Waals surface area contributed by atoms with Crippen molar-refractivity contribution in [1.29, 1.82) is 0 Å². The molecule has 0 radical (unpaired) electrons. The van der Waals surface area contributed by atoms with Crippen LogP contribution in [0.2, 0.25) is 0 Å². The summed E-state index contributed by atoms with van der Waals surface area (Å²) in [5.74, 6) is 0.113. The monoisotopic (exact) mass is 271 g/mol. The number of rotatable bonds is 2. The van der Waals surface area contributed by atoms with Gasteiger partial charge in [0.2, 0.25) is 0 Å². The number of nitrogen functional groups attached to an aromatic ring is 1. The lowest BCUT2D eigenvalue weighted by Gasteiger charge is -2.36. The van der Waals surface area contributed by atoms with E-state index in [0.717, 1.165) is 0 Å². The van der Waals surface area contributed by atoms with Gasteiger partial charge in [-0.15, -0.1) is 0 Å². The number of halogens is 1. The van der Waals surface area contributed by atoms with Gasteiger partial charge >= 0.3 is 5.69 Å². The SMILES string of the molecule is Nc1ccn([C@H]2C[C@H](O)[C@@H](C3OCC3F)O2)c(=O)n1. The first-order valence-electron chi connectivity index (χ1n) is 6.00. The molecular weight excluding hydrogens is 257 g/mol. The minimum atomic E-state index is -1.14. The Bertz CT molecular complexity index is 537. The van der Waals surface area contributed by atoms with Crippen molar-refractivity contribution in [3.8, 4) is 0 Å². The Balaban J connectivity index is 1.79. The van der Waals surface area contributed by atoms with Crippen LogP contribution in [0.3, 0.4) is 0 Å². The van der Waals surface area contributed by atoms with Crippen LogP contribution in [0.5, 0.6) is 0 Å². The maximum absolute atomic E-state index is 13.3. The molecule has 0 aromatic carbocycles. The fourth-order valence-corrected chi connectivity index (χ4v) is 2.37. The van der Waals surface area contributed by atoms with Crippen molar-refractivity contribution in [3.05, 3.63) is 22.7 Å². The molecule has 7 nitrogen and oxygen atoms in total. The summed E-state index contributed by atoms with van der Waals surface area (Å²) in [6, 6.07) is 1.46. The molecule has 0 spiro atoms. The number of nitrogens with zero attached hydrogens (tertiary/aromatic N) is 2. The highest BCUT2D eigenvalue weighted by molar-refractivity contribution is 5.23. The first-order valence-corrected chi connectivity index (χ1v) is 6.00. The molecule has 0 amide bonds. The fourth-order valence-electron chi connectivity index (χ4n) is 2.37. The Morgan fingerprint density at radius 3 is 2.89 bits per heavy atom. The zero-order valence-corrected chi connectivity index (χ0v) is 9.98. The molecule has 0 saturated carbocycles. The predicted octanol–water partition coefficient (Wildman–Crippen LogP) is -0.789. The Hall–Kier alpha value is -1.51. The normalized spacial score (nSPS) is 38.1. The number of ether oxygens (including phenoxy) is 2. The smallest absolute Gasteiger partial charge is 0.351 e. The Labute approximate surface area is 107 Å². The molecule has 8 heteroatoms. The van der Waals surface area contributed by atoms with Crippen LogP contribution in [0, 0.1) is 0 Å². The molecule has 0 bridgehead atoms. The zero-order chi connectivity index (χ0) is 13.6. The maximum atomic E-state index is 13.3. The lowest BCUT2D eigenvalue weighted by atomic mass is 10.0. The van der Waals surface area contributed by atoms with Gasteiger partial charge in [0.15, 0.2) is 6.17 Å². The molecule has 19 heavy (non-hydrogen) atoms. The Kier molecular flexibility index (Phi) is 3.00. The number of hydrogen-bond acceptors (Lipinski definition) is 6. The van der Waals surface area contributed by atoms with Crippen LogP contribution in [0.15, 0.2) is 17.1 Å². The molecule has 2 fully saturated rings. The van der Waals surface area contributed by atoms with Gasteiger partial charge in [-0.3, -0.25) is 4.57 Å². The van der Waals surface area contributed by atoms with E-state index in [4.69, 9.17) is 15.2 Å². The third kappa shape index (κ3) is 2.11. The molecule has 3 rings (SSSR count). The summed E-state index contributed by atoms with van der Waals surface area (Å²) < 4.78 is 25.1. The van der Waals surface area contributed by atoms with Crippen molar-refractivity contribution < 1.29 is 19.0 Å². The second-order valence-electron chi connectivity index (χ2n) is 4.71. The standard InChI is InChI=1S/C11H14FN3O4/c12-5-4-18-9(5)10-6(16)3-8(19-10)15-2-1-7(13)14-11(15)17/h1-2,5-6,8-10,16H,3-4H2,(H2,13,14,17)/t5?,6-,8+,9?,10-/m0/s1. The molecule has 1 aromatic rings. The summed E-state index contributed by atoms with van der Waals surface area (Å²) in [6.07, 6.45) is -2.60. The summed E-state index contributed by atoms with van der Waals surface area (Å²) in [4.78, 5) is 15.2. The number of nitrogens with two attached hydrogens (primary N) is 1. The summed E-state index contributed by atoms with van der Waals surface area (Å²) in [7, 11) is 0. The van der Waals surface area contributed by atoms with Gasteiger partial charge in [0, 0.05) is 12.6 Å². The van der Waals surface area contributed by atoms with Crippen LogP contribution in [0.1, 0.15) is 12.6 Å². The van der Waals surface area contributed by atoms with Gasteiger partial charge in [0.25, 0.3) is 0 Å². The van der Waals surface area contributed by atoms with Crippen molar-refractivity contribution in [3.63, 3.8) is 0 Å². The second kappa shape index (κ2) is 4.55. The van der Waals surface area contributed by atoms with Crippen molar-refractivity contribution in [2.45, 2.75) is 37.1 Å². The topological polar surface area (TPSA) is 99.6 Å². The van der Waals surface area contributed by atoms with E-state index in [0.29, 0.717) is 0 Å². The van der Waals surface area contributed by atoms with Gasteiger partial charge in [0.05, 0.1) is 12.7 Å². The highest BCUT2D eigenvalue weighted by atomic mass is 19.1. The van der Waals surface area contributed by atoms with Gasteiger partial charge in [-0.25, -0.2) is 9.18 Å². The van der Waals surface area contributed by atoms with Crippen LogP contribution < -0.4 is 11.4 Å². The molecule has 5 atom stereocenters. The van der Waals surface area contributed by atoms with E-state index in [-0.39, 0.29) is 18.8 Å². The van der Waals surface area contributed by atoms with Crippen molar-refractivity contribution in [2.24, 2.45) is 0 Å². The molecule has 104 valence electrons. The summed E-state index contributed by atoms with van der Waals surface area (Å²) in [5, 5.41) is 9.89. The molecular formula is C11H14FN3O4. The van der Waals surface area contributed by atoms with E-state index in [1.165, 1.54) is 16.8 Å². The Morgan fingerprint density at radius 1 is 1.53 bits per heavy atom. The lowest BCUT2D eigenvalue weighted by molar-refractivity contribution is -0.201. The van der Waals surface area contributed by atoms with E-state index in [2.05, 4.69) is 4.98 Å². The molecule has 2 aliphatic heterocycles. The van der Waals surface area contributed by atoms with Gasteiger partial charge in [0.1, 0.15) is 24.3 Å². The third-order valence-electron chi connectivity index (χ3n) is 3.43. The number of aliphatic hydroxyl groups is 1. The van der Waals surface area contributed by atoms with E-state index in [1.807, 2.05) is 0 Å². The molecule has 3 N–H and O–H groups in total. The summed E-state index contributed by atoms with van der Waals surface area (Å²) >= 11 is 0. The molecule has 2 unspecified atom stereocenters. The van der Waals surface area contributed by atoms with Gasteiger partial charge in [-0.2, -0.15) is 4.98 Å². The highest BCUT2D eigenvalue weighted by Crippen LogP contribution is 2.35. The first-order chi connectivity index (χ1) is 9.06. The van der Waals surface area contributed by atoms with Crippen LogP contribution in [-0.4, -0.2) is 45.7 Å². The predicted molar refractivity (Wildman–Crippen MR) is 62.1 cm³/mol. The largest absolute Gasteiger partial charge is 0.390 e. The average Bonchev–Trinajstić information content (AvgIpc) is 2.69. The van der Waals surface area contributed by atoms with Crippen LogP contribution in [0.4, 0.5) is 10.2 Å². The maximum Gasteiger partial charge on any atom is 0.351 e. The number of alkyl halides is 1. The number of aromatic nitrogens is 2. The van der Waals surface area contributed by atoms with Crippen LogP contribution >= 0.6 is 0 Å². The molecule has 2 aliphatic rings. The third-order valence-corrected chi connectivity index (χ3v) is 3.43. The van der Waals surface area contributed by atoms with E-state index in [9.17, 15) is 14.3 Å². The van der Waals surface area contributed by atoms with Crippen molar-refractivity contribution in [2.75, 3.05) is 12.3 Å². The van der Waals surface area contributed by atoms with Crippen molar-refractivity contribution >= 4 is 5.82 Å². The Morgan fingerprint density at radius 2 is 2.32 bits per heavy atom. The fraction of sp³-hybridized carbons (Fsp3) is 0.636. The van der Waals surface area contributed by atoms with E-state index < -0.39 is 36.4 Å². The zero-order valence-electron chi connectivity index (χ0n) is 9.98. The van der Waals surface area contributed by atoms with Crippen LogP contribution in [0.25, 0.3) is 0 Å². The number of hydrogen-bond donors (Lipinski definition) is 2. The quantitative estimate of drug-likeness (QED) is 0.731. The van der Waals surface area contributed by atoms with Crippen LogP contribution in [-0.2, 0) is 9.47 Å². The highest BCUT2D eigenvalue weighted by Gasteiger charge is 2.48. The van der Waals surface area contributed by atoms with Gasteiger partial charge < -0.3 is 20.3 Å². The average molecular weight is 271 g/mol. The first kappa shape index (κ1) is 12.5. The van der Waals surface area contributed by atoms with Gasteiger partial charge in [-0.05, 0) is 6.07 Å². The summed E-state index contributed by atoms with van der Waals surface area (Å²) in [6.45, 7) is 0.0191. The van der Waals surface area contributed by atoms with E-state index in [1.54, 1.807) is 0 Å². The minimum absolute atomic E-state index is 0.0191. The lowest BCUT2D eigenvalue weighted by Crippen LogP contribution is -2.52. The van der Waals surface area contributed by atoms with Crippen molar-refractivity contribution in [1.82, 2.24) is 9.55 Å². The second-order valence-corrected chi connectivity index (χ2v) is 4.71. The molecule has 1 aromatic heterocycles. The van der Waals surface area contributed by atoms with Gasteiger partial charge in [-0.1, -0.05) is 0 Å². The number of aliphatic hydroxyl groups excluding tert-OH is 1. The molecule has 2 saturated heterocycles. The molecule has 0 aliphatic carbocycles. The summed E-state index contributed by atoms with van der Waals surface area (Å²) in [5.41, 5.74) is 4.83. The minimum Gasteiger partial charge on any atom is -0.390 e. The van der Waals surface area contributed by atoms with E-state index >= 15 is 0 Å². The number of anilines is 1.